The Hall–Kier alpha value is -1.10. The summed E-state index contributed by atoms with van der Waals surface area (Å²) in [5.74, 6) is 0.537. The Morgan fingerprint density at radius 3 is 3.00 bits per heavy atom. The summed E-state index contributed by atoms with van der Waals surface area (Å²) < 4.78 is 9.39. The summed E-state index contributed by atoms with van der Waals surface area (Å²) in [6.07, 6.45) is 3.58. The van der Waals surface area contributed by atoms with Crippen LogP contribution in [0.5, 0.6) is 0 Å². The van der Waals surface area contributed by atoms with Crippen LogP contribution in [0.15, 0.2) is 0 Å². The number of ether oxygens (including phenoxy) is 1. The SMILES string of the molecule is CNc1snc(C)c1C(=O)OCCC1CC1. The topological polar surface area (TPSA) is 51.2 Å². The van der Waals surface area contributed by atoms with E-state index < -0.39 is 0 Å². The lowest BCUT2D eigenvalue weighted by Crippen LogP contribution is -2.09. The van der Waals surface area contributed by atoms with Gasteiger partial charge in [0.15, 0.2) is 0 Å². The summed E-state index contributed by atoms with van der Waals surface area (Å²) in [7, 11) is 1.79. The van der Waals surface area contributed by atoms with Crippen molar-refractivity contribution in [1.82, 2.24) is 4.37 Å². The van der Waals surface area contributed by atoms with Crippen molar-refractivity contribution in [2.45, 2.75) is 26.2 Å². The minimum Gasteiger partial charge on any atom is -0.462 e. The highest BCUT2D eigenvalue weighted by atomic mass is 32.1. The number of esters is 1. The summed E-state index contributed by atoms with van der Waals surface area (Å²) in [5, 5.41) is 3.75. The number of carbonyl (C=O) groups excluding carboxylic acids is 1. The molecular formula is C11H16N2O2S. The maximum absolute atomic E-state index is 11.8. The molecule has 0 aliphatic heterocycles. The van der Waals surface area contributed by atoms with Crippen LogP contribution in [-0.4, -0.2) is 24.0 Å². The van der Waals surface area contributed by atoms with Gasteiger partial charge in [0.25, 0.3) is 0 Å². The third-order valence-electron chi connectivity index (χ3n) is 2.75. The molecule has 5 heteroatoms. The van der Waals surface area contributed by atoms with Gasteiger partial charge in [0, 0.05) is 7.05 Å². The number of anilines is 1. The van der Waals surface area contributed by atoms with Gasteiger partial charge in [-0.25, -0.2) is 4.79 Å². The molecule has 0 amide bonds. The van der Waals surface area contributed by atoms with Gasteiger partial charge in [-0.1, -0.05) is 12.8 Å². The van der Waals surface area contributed by atoms with Crippen LogP contribution in [0.4, 0.5) is 5.00 Å². The summed E-state index contributed by atoms with van der Waals surface area (Å²) in [5.41, 5.74) is 1.33. The van der Waals surface area contributed by atoms with Crippen molar-refractivity contribution in [1.29, 1.82) is 0 Å². The fraction of sp³-hybridized carbons (Fsp3) is 0.636. The molecule has 0 unspecified atom stereocenters. The lowest BCUT2D eigenvalue weighted by atomic mass is 10.2. The smallest absolute Gasteiger partial charge is 0.343 e. The predicted octanol–water partition coefficient (Wildman–Crippen LogP) is 2.45. The highest BCUT2D eigenvalue weighted by molar-refractivity contribution is 7.10. The number of carbonyl (C=O) groups is 1. The zero-order valence-electron chi connectivity index (χ0n) is 9.58. The fourth-order valence-corrected chi connectivity index (χ4v) is 2.31. The van der Waals surface area contributed by atoms with Crippen LogP contribution >= 0.6 is 11.5 Å². The van der Waals surface area contributed by atoms with Crippen molar-refractivity contribution in [3.05, 3.63) is 11.3 Å². The first-order chi connectivity index (χ1) is 7.72. The van der Waals surface area contributed by atoms with Gasteiger partial charge >= 0.3 is 5.97 Å². The Morgan fingerprint density at radius 1 is 1.62 bits per heavy atom. The number of rotatable bonds is 5. The van der Waals surface area contributed by atoms with Crippen LogP contribution in [-0.2, 0) is 4.74 Å². The van der Waals surface area contributed by atoms with E-state index in [9.17, 15) is 4.79 Å². The van der Waals surface area contributed by atoms with E-state index in [0.29, 0.717) is 12.2 Å². The van der Waals surface area contributed by atoms with Crippen LogP contribution in [0.2, 0.25) is 0 Å². The van der Waals surface area contributed by atoms with Gasteiger partial charge in [0.2, 0.25) is 0 Å². The first-order valence-electron chi connectivity index (χ1n) is 5.53. The molecule has 0 bridgehead atoms. The van der Waals surface area contributed by atoms with Gasteiger partial charge in [-0.2, -0.15) is 4.37 Å². The molecule has 0 saturated heterocycles. The molecule has 0 atom stereocenters. The van der Waals surface area contributed by atoms with Crippen molar-refractivity contribution in [2.24, 2.45) is 5.92 Å². The molecule has 0 radical (unpaired) electrons. The van der Waals surface area contributed by atoms with Gasteiger partial charge in [-0.3, -0.25) is 0 Å². The van der Waals surface area contributed by atoms with Gasteiger partial charge in [-0.05, 0) is 30.8 Å². The number of aromatic nitrogens is 1. The summed E-state index contributed by atoms with van der Waals surface area (Å²) in [6.45, 7) is 2.36. The summed E-state index contributed by atoms with van der Waals surface area (Å²) in [6, 6.07) is 0. The van der Waals surface area contributed by atoms with E-state index in [1.807, 2.05) is 6.92 Å². The van der Waals surface area contributed by atoms with Crippen molar-refractivity contribution in [2.75, 3.05) is 19.0 Å². The monoisotopic (exact) mass is 240 g/mol. The molecule has 1 N–H and O–H groups in total. The molecule has 1 fully saturated rings. The molecule has 2 rings (SSSR count). The third kappa shape index (κ3) is 2.52. The number of nitrogens with zero attached hydrogens (tertiary/aromatic N) is 1. The summed E-state index contributed by atoms with van der Waals surface area (Å²) in [4.78, 5) is 11.8. The number of hydrogen-bond acceptors (Lipinski definition) is 5. The third-order valence-corrected chi connectivity index (χ3v) is 3.71. The highest BCUT2D eigenvalue weighted by Crippen LogP contribution is 2.32. The highest BCUT2D eigenvalue weighted by Gasteiger charge is 2.23. The number of aryl methyl sites for hydroxylation is 1. The molecule has 1 aliphatic carbocycles. The second kappa shape index (κ2) is 4.82. The van der Waals surface area contributed by atoms with Crippen molar-refractivity contribution in [3.8, 4) is 0 Å². The molecule has 1 saturated carbocycles. The Labute approximate surface area is 99.2 Å². The average molecular weight is 240 g/mol. The van der Waals surface area contributed by atoms with Crippen LogP contribution in [0, 0.1) is 12.8 Å². The predicted molar refractivity (Wildman–Crippen MR) is 64.0 cm³/mol. The van der Waals surface area contributed by atoms with Gasteiger partial charge < -0.3 is 10.1 Å². The molecule has 4 nitrogen and oxygen atoms in total. The van der Waals surface area contributed by atoms with E-state index in [0.717, 1.165) is 23.0 Å². The minimum atomic E-state index is -0.253. The number of nitrogens with one attached hydrogen (secondary N) is 1. The molecule has 1 aliphatic rings. The van der Waals surface area contributed by atoms with E-state index >= 15 is 0 Å². The maximum Gasteiger partial charge on any atom is 0.343 e. The zero-order valence-corrected chi connectivity index (χ0v) is 10.4. The van der Waals surface area contributed by atoms with E-state index in [2.05, 4.69) is 9.69 Å². The lowest BCUT2D eigenvalue weighted by molar-refractivity contribution is 0.0495. The van der Waals surface area contributed by atoms with E-state index in [-0.39, 0.29) is 5.97 Å². The lowest BCUT2D eigenvalue weighted by Gasteiger charge is -2.05. The molecule has 1 heterocycles. The Morgan fingerprint density at radius 2 is 2.38 bits per heavy atom. The van der Waals surface area contributed by atoms with Crippen LogP contribution in [0.1, 0.15) is 35.3 Å². The van der Waals surface area contributed by atoms with Crippen LogP contribution in [0.25, 0.3) is 0 Å². The number of hydrogen-bond donors (Lipinski definition) is 1. The summed E-state index contributed by atoms with van der Waals surface area (Å²) >= 11 is 1.29. The maximum atomic E-state index is 11.8. The first-order valence-corrected chi connectivity index (χ1v) is 6.31. The molecule has 1 aromatic heterocycles. The van der Waals surface area contributed by atoms with Gasteiger partial charge in [0.1, 0.15) is 10.6 Å². The Kier molecular flexibility index (Phi) is 3.43. The largest absolute Gasteiger partial charge is 0.462 e. The standard InChI is InChI=1S/C11H16N2O2S/c1-7-9(10(12-2)16-13-7)11(14)15-6-5-8-3-4-8/h8,12H,3-6H2,1-2H3. The van der Waals surface area contributed by atoms with E-state index in [1.165, 1.54) is 24.4 Å². The normalized spacial score (nSPS) is 14.9. The Bertz CT molecular complexity index is 385. The van der Waals surface area contributed by atoms with E-state index in [4.69, 9.17) is 4.74 Å². The van der Waals surface area contributed by atoms with Crippen LogP contribution in [0.3, 0.4) is 0 Å². The van der Waals surface area contributed by atoms with Gasteiger partial charge in [0.05, 0.1) is 12.3 Å². The first kappa shape index (κ1) is 11.4. The molecule has 0 aromatic carbocycles. The molecule has 0 spiro atoms. The molecule has 88 valence electrons. The second-order valence-electron chi connectivity index (χ2n) is 4.09. The minimum absolute atomic E-state index is 0.253. The Balaban J connectivity index is 1.92. The quantitative estimate of drug-likeness (QED) is 0.803. The zero-order chi connectivity index (χ0) is 11.5. The van der Waals surface area contributed by atoms with Crippen molar-refractivity contribution in [3.63, 3.8) is 0 Å². The van der Waals surface area contributed by atoms with Crippen molar-refractivity contribution >= 4 is 22.5 Å². The van der Waals surface area contributed by atoms with Crippen molar-refractivity contribution < 1.29 is 9.53 Å². The van der Waals surface area contributed by atoms with E-state index in [1.54, 1.807) is 7.05 Å². The average Bonchev–Trinajstić information content (AvgIpc) is 3.00. The van der Waals surface area contributed by atoms with Crippen LogP contribution < -0.4 is 5.32 Å². The second-order valence-corrected chi connectivity index (χ2v) is 4.86. The van der Waals surface area contributed by atoms with Gasteiger partial charge in [-0.15, -0.1) is 0 Å². The molecule has 16 heavy (non-hydrogen) atoms. The fourth-order valence-electron chi connectivity index (χ4n) is 1.58. The molecule has 1 aromatic rings. The molecular weight excluding hydrogens is 224 g/mol.